The van der Waals surface area contributed by atoms with Crippen molar-refractivity contribution in [3.05, 3.63) is 35.4 Å². The molecule has 5 heteroatoms. The Balaban J connectivity index is 1.50. The summed E-state index contributed by atoms with van der Waals surface area (Å²) in [5.74, 6) is 2.60. The number of fused-ring (bicyclic) bond motifs is 1. The molecule has 3 fully saturated rings. The summed E-state index contributed by atoms with van der Waals surface area (Å²) in [6, 6.07) is 4.82. The van der Waals surface area contributed by atoms with E-state index < -0.39 is 11.2 Å². The van der Waals surface area contributed by atoms with Crippen LogP contribution in [0.25, 0.3) is 0 Å². The van der Waals surface area contributed by atoms with E-state index in [9.17, 15) is 5.11 Å². The molecule has 2 heterocycles. The van der Waals surface area contributed by atoms with Crippen molar-refractivity contribution in [2.75, 3.05) is 27.3 Å². The molecule has 2 saturated carbocycles. The van der Waals surface area contributed by atoms with E-state index in [1.807, 2.05) is 14.0 Å². The molecule has 7 aliphatic rings. The zero-order valence-corrected chi connectivity index (χ0v) is 20.4. The Bertz CT molecular complexity index is 1050. The number of hydrogen-bond donors (Lipinski definition) is 1. The number of rotatable bonds is 6. The van der Waals surface area contributed by atoms with E-state index in [1.54, 1.807) is 7.11 Å². The van der Waals surface area contributed by atoms with E-state index in [-0.39, 0.29) is 22.9 Å². The fourth-order valence-electron chi connectivity index (χ4n) is 8.88. The second-order valence-corrected chi connectivity index (χ2v) is 11.9. The van der Waals surface area contributed by atoms with Crippen molar-refractivity contribution >= 4 is 0 Å². The maximum Gasteiger partial charge on any atom is 0.166 e. The Morgan fingerprint density at radius 2 is 2.06 bits per heavy atom. The van der Waals surface area contributed by atoms with Gasteiger partial charge in [-0.15, -0.1) is 0 Å². The highest BCUT2D eigenvalue weighted by molar-refractivity contribution is 5.65. The van der Waals surface area contributed by atoms with Gasteiger partial charge in [-0.25, -0.2) is 0 Å². The fraction of sp³-hybridized carbons (Fsp3) is 0.714. The normalized spacial score (nSPS) is 43.7. The first kappa shape index (κ1) is 20.8. The van der Waals surface area contributed by atoms with Gasteiger partial charge >= 0.3 is 0 Å². The number of hydrogen-bond acceptors (Lipinski definition) is 5. The first-order valence-electron chi connectivity index (χ1n) is 13.0. The summed E-state index contributed by atoms with van der Waals surface area (Å²) in [5.41, 5.74) is 1.15. The van der Waals surface area contributed by atoms with Gasteiger partial charge in [0.1, 0.15) is 11.7 Å². The van der Waals surface area contributed by atoms with Crippen LogP contribution in [0, 0.1) is 17.3 Å². The molecule has 7 atom stereocenters. The summed E-state index contributed by atoms with van der Waals surface area (Å²) >= 11 is 0. The van der Waals surface area contributed by atoms with Gasteiger partial charge in [-0.1, -0.05) is 25.1 Å². The molecule has 4 bridgehead atoms. The van der Waals surface area contributed by atoms with Crippen molar-refractivity contribution in [2.24, 2.45) is 17.3 Å². The predicted octanol–water partition coefficient (Wildman–Crippen LogP) is 3.86. The SMILES string of the molecule is CC[C@@](C)(O)[C@@H]1C[C@@]23C=C[C@@]1(OC)[C@@H]1Oc4c(OC)ccc5c4[C@@]12CCN(CC1CC1)[C@@H]3C5. The molecule has 2 spiro atoms. The number of nitrogens with zero attached hydrogens (tertiary/aromatic N) is 1. The molecule has 178 valence electrons. The fourth-order valence-corrected chi connectivity index (χ4v) is 8.88. The van der Waals surface area contributed by atoms with Crippen LogP contribution in [0.1, 0.15) is 57.1 Å². The molecule has 1 saturated heterocycles. The molecule has 0 unspecified atom stereocenters. The number of aliphatic hydroxyl groups is 1. The smallest absolute Gasteiger partial charge is 0.166 e. The summed E-state index contributed by atoms with van der Waals surface area (Å²) in [7, 11) is 3.55. The van der Waals surface area contributed by atoms with Crippen LogP contribution in [0.15, 0.2) is 24.3 Å². The van der Waals surface area contributed by atoms with E-state index in [0.717, 1.165) is 43.2 Å². The maximum atomic E-state index is 11.7. The van der Waals surface area contributed by atoms with Crippen LogP contribution < -0.4 is 9.47 Å². The van der Waals surface area contributed by atoms with Gasteiger partial charge < -0.3 is 19.3 Å². The lowest BCUT2D eigenvalue weighted by molar-refractivity contribution is -0.248. The van der Waals surface area contributed by atoms with E-state index >= 15 is 0 Å². The van der Waals surface area contributed by atoms with Gasteiger partial charge in [0.2, 0.25) is 0 Å². The van der Waals surface area contributed by atoms with Crippen LogP contribution in [0.2, 0.25) is 0 Å². The second-order valence-electron chi connectivity index (χ2n) is 11.9. The zero-order valence-electron chi connectivity index (χ0n) is 20.4. The lowest BCUT2D eigenvalue weighted by Gasteiger charge is -2.72. The molecule has 2 aliphatic heterocycles. The average Bonchev–Trinajstić information content (AvgIpc) is 3.57. The maximum absolute atomic E-state index is 11.7. The van der Waals surface area contributed by atoms with Crippen molar-refractivity contribution in [1.29, 1.82) is 0 Å². The van der Waals surface area contributed by atoms with E-state index in [0.29, 0.717) is 12.5 Å². The van der Waals surface area contributed by atoms with Crippen LogP contribution >= 0.6 is 0 Å². The minimum atomic E-state index is -0.826. The molecule has 1 aromatic carbocycles. The topological polar surface area (TPSA) is 51.2 Å². The van der Waals surface area contributed by atoms with E-state index in [4.69, 9.17) is 14.2 Å². The van der Waals surface area contributed by atoms with Gasteiger partial charge in [0.25, 0.3) is 0 Å². The molecule has 1 aromatic rings. The largest absolute Gasteiger partial charge is 0.493 e. The van der Waals surface area contributed by atoms with Crippen molar-refractivity contribution in [3.63, 3.8) is 0 Å². The van der Waals surface area contributed by atoms with Crippen molar-refractivity contribution < 1.29 is 19.3 Å². The summed E-state index contributed by atoms with van der Waals surface area (Å²) < 4.78 is 19.3. The highest BCUT2D eigenvalue weighted by atomic mass is 16.6. The van der Waals surface area contributed by atoms with Crippen LogP contribution in [0.4, 0.5) is 0 Å². The summed E-state index contributed by atoms with van der Waals surface area (Å²) in [5, 5.41) is 11.7. The van der Waals surface area contributed by atoms with Crippen molar-refractivity contribution in [2.45, 2.75) is 81.1 Å². The first-order valence-corrected chi connectivity index (χ1v) is 13.0. The van der Waals surface area contributed by atoms with Gasteiger partial charge in [0.15, 0.2) is 11.5 Å². The molecule has 1 N–H and O–H groups in total. The second kappa shape index (κ2) is 6.35. The molecular weight excluding hydrogens is 414 g/mol. The number of piperidine rings is 1. The number of likely N-dealkylation sites (tertiary alicyclic amines) is 1. The predicted molar refractivity (Wildman–Crippen MR) is 126 cm³/mol. The van der Waals surface area contributed by atoms with Crippen molar-refractivity contribution in [3.8, 4) is 11.5 Å². The van der Waals surface area contributed by atoms with Crippen LogP contribution in [-0.4, -0.2) is 60.7 Å². The molecule has 5 aliphatic carbocycles. The average molecular weight is 452 g/mol. The Morgan fingerprint density at radius 3 is 2.76 bits per heavy atom. The lowest BCUT2D eigenvalue weighted by Crippen LogP contribution is -2.80. The highest BCUT2D eigenvalue weighted by Crippen LogP contribution is 2.75. The Labute approximate surface area is 197 Å². The summed E-state index contributed by atoms with van der Waals surface area (Å²) in [4.78, 5) is 2.80. The minimum absolute atomic E-state index is 0.0200. The van der Waals surface area contributed by atoms with Crippen molar-refractivity contribution in [1.82, 2.24) is 4.90 Å². The molecular formula is C28H37NO4. The van der Waals surface area contributed by atoms with E-state index in [1.165, 1.54) is 30.5 Å². The Kier molecular flexibility index (Phi) is 4.00. The minimum Gasteiger partial charge on any atom is -0.493 e. The third kappa shape index (κ3) is 2.21. The highest BCUT2D eigenvalue weighted by Gasteiger charge is 2.80. The van der Waals surface area contributed by atoms with Crippen LogP contribution in [0.5, 0.6) is 11.5 Å². The quantitative estimate of drug-likeness (QED) is 0.666. The monoisotopic (exact) mass is 451 g/mol. The third-order valence-electron chi connectivity index (χ3n) is 10.8. The summed E-state index contributed by atoms with van der Waals surface area (Å²) in [6.45, 7) is 6.42. The third-order valence-corrected chi connectivity index (χ3v) is 10.8. The molecule has 8 rings (SSSR count). The van der Waals surface area contributed by atoms with Gasteiger partial charge in [0, 0.05) is 36.6 Å². The van der Waals surface area contributed by atoms with E-state index in [2.05, 4.69) is 36.1 Å². The number of methoxy groups -OCH3 is 2. The van der Waals surface area contributed by atoms with Gasteiger partial charge in [0.05, 0.1) is 18.1 Å². The molecule has 0 aromatic heterocycles. The number of benzene rings is 1. The van der Waals surface area contributed by atoms with Gasteiger partial charge in [-0.05, 0) is 69.5 Å². The molecule has 0 amide bonds. The molecule has 33 heavy (non-hydrogen) atoms. The summed E-state index contributed by atoms with van der Waals surface area (Å²) in [6.07, 6.45) is 11.2. The van der Waals surface area contributed by atoms with Gasteiger partial charge in [-0.3, -0.25) is 4.90 Å². The Hall–Kier alpha value is -1.56. The standard InChI is InChI=1S/C28H37NO4/c1-5-25(2,30)20-15-26-10-11-28(20,32-4)24-27(26)12-13-29(16-17-6-7-17)21(26)14-18-8-9-19(31-3)23(33-24)22(18)27/h8-11,17,20-21,24,30H,5-7,12-16H2,1-4H3/t20-,21+,24+,25+,26+,27-,28-/m0/s1. The molecule has 0 radical (unpaired) electrons. The van der Waals surface area contributed by atoms with Crippen LogP contribution in [-0.2, 0) is 16.6 Å². The lowest BCUT2D eigenvalue weighted by atomic mass is 9.36. The molecule has 5 nitrogen and oxygen atoms in total. The van der Waals surface area contributed by atoms with Crippen LogP contribution in [0.3, 0.4) is 0 Å². The van der Waals surface area contributed by atoms with Gasteiger partial charge in [-0.2, -0.15) is 0 Å². The zero-order chi connectivity index (χ0) is 22.8. The number of ether oxygens (including phenoxy) is 3. The Morgan fingerprint density at radius 1 is 1.24 bits per heavy atom. The first-order chi connectivity index (χ1) is 15.9.